The van der Waals surface area contributed by atoms with Crippen LogP contribution in [0.1, 0.15) is 16.7 Å². The molecule has 92 valence electrons. The van der Waals surface area contributed by atoms with E-state index in [1.165, 1.54) is 4.57 Å². The second-order valence-corrected chi connectivity index (χ2v) is 4.32. The van der Waals surface area contributed by atoms with E-state index in [0.717, 1.165) is 0 Å². The van der Waals surface area contributed by atoms with Gasteiger partial charge in [-0.2, -0.15) is 10.5 Å². The monoisotopic (exact) mass is 267 g/mol. The highest BCUT2D eigenvalue weighted by Crippen LogP contribution is 2.21. The normalized spacial score (nSPS) is 9.68. The fraction of sp³-hybridized carbons (Fsp3) is 0.0714. The van der Waals surface area contributed by atoms with Gasteiger partial charge in [-0.3, -0.25) is 9.36 Å². The van der Waals surface area contributed by atoms with Crippen LogP contribution in [0.2, 0.25) is 0 Å². The summed E-state index contributed by atoms with van der Waals surface area (Å²) in [7, 11) is 0. The van der Waals surface area contributed by atoms with E-state index < -0.39 is 5.56 Å². The average Bonchev–Trinajstić information content (AvgIpc) is 2.41. The van der Waals surface area contributed by atoms with Crippen LogP contribution < -0.4 is 5.56 Å². The van der Waals surface area contributed by atoms with Gasteiger partial charge in [0.25, 0.3) is 5.56 Å². The van der Waals surface area contributed by atoms with Crippen LogP contribution in [0.5, 0.6) is 0 Å². The van der Waals surface area contributed by atoms with Gasteiger partial charge >= 0.3 is 0 Å². The fourth-order valence-electron chi connectivity index (χ4n) is 1.86. The van der Waals surface area contributed by atoms with E-state index in [1.54, 1.807) is 31.2 Å². The van der Waals surface area contributed by atoms with Crippen molar-refractivity contribution in [2.24, 2.45) is 0 Å². The van der Waals surface area contributed by atoms with Crippen LogP contribution >= 0.6 is 12.6 Å². The molecule has 0 saturated heterocycles. The Bertz CT molecular complexity index is 780. The van der Waals surface area contributed by atoms with Crippen molar-refractivity contribution in [2.45, 2.75) is 11.9 Å². The Morgan fingerprint density at radius 1 is 1.11 bits per heavy atom. The molecular formula is C14H9N3OS. The minimum absolute atomic E-state index is 0.0294. The van der Waals surface area contributed by atoms with E-state index in [4.69, 9.17) is 10.5 Å². The molecule has 0 bridgehead atoms. The second kappa shape index (κ2) is 5.01. The number of rotatable bonds is 1. The van der Waals surface area contributed by atoms with E-state index in [-0.39, 0.29) is 16.2 Å². The molecule has 2 aromatic rings. The lowest BCUT2D eigenvalue weighted by atomic mass is 10.1. The Kier molecular flexibility index (Phi) is 3.41. The zero-order valence-corrected chi connectivity index (χ0v) is 11.0. The van der Waals surface area contributed by atoms with Gasteiger partial charge in [-0.25, -0.2) is 0 Å². The summed E-state index contributed by atoms with van der Waals surface area (Å²) in [5.41, 5.74) is 0.689. The first-order valence-electron chi connectivity index (χ1n) is 5.46. The number of hydrogen-bond acceptors (Lipinski definition) is 4. The molecule has 4 nitrogen and oxygen atoms in total. The quantitative estimate of drug-likeness (QED) is 0.805. The minimum Gasteiger partial charge on any atom is -0.269 e. The molecule has 2 rings (SSSR count). The standard InChI is InChI=1S/C14H9N3OS/c1-9-11(7-15)13(18)17(14(19)12(9)8-16)10-5-3-2-4-6-10/h2-6,19H,1H3. The zero-order valence-electron chi connectivity index (χ0n) is 10.1. The van der Waals surface area contributed by atoms with Crippen LogP contribution in [0.25, 0.3) is 5.69 Å². The Hall–Kier alpha value is -2.50. The van der Waals surface area contributed by atoms with E-state index >= 15 is 0 Å². The number of hydrogen-bond donors (Lipinski definition) is 1. The van der Waals surface area contributed by atoms with Gasteiger partial charge in [-0.15, -0.1) is 12.6 Å². The molecule has 1 heterocycles. The molecular weight excluding hydrogens is 258 g/mol. The molecule has 0 fully saturated rings. The highest BCUT2D eigenvalue weighted by atomic mass is 32.1. The van der Waals surface area contributed by atoms with E-state index in [9.17, 15) is 4.79 Å². The molecule has 1 aromatic carbocycles. The highest BCUT2D eigenvalue weighted by molar-refractivity contribution is 7.80. The third kappa shape index (κ3) is 2.01. The summed E-state index contributed by atoms with van der Waals surface area (Å²) in [6.45, 7) is 1.58. The molecule has 0 aliphatic carbocycles. The summed E-state index contributed by atoms with van der Waals surface area (Å²) in [5.74, 6) is 0. The lowest BCUT2D eigenvalue weighted by Gasteiger charge is -2.13. The lowest BCUT2D eigenvalue weighted by Crippen LogP contribution is -2.24. The molecule has 5 heteroatoms. The van der Waals surface area contributed by atoms with Crippen molar-refractivity contribution in [3.05, 3.63) is 57.4 Å². The van der Waals surface area contributed by atoms with E-state index in [1.807, 2.05) is 18.2 Å². The van der Waals surface area contributed by atoms with Crippen molar-refractivity contribution in [1.82, 2.24) is 4.57 Å². The van der Waals surface area contributed by atoms with Crippen LogP contribution in [0.4, 0.5) is 0 Å². The molecule has 0 atom stereocenters. The van der Waals surface area contributed by atoms with Gasteiger partial charge in [0.15, 0.2) is 0 Å². The summed E-state index contributed by atoms with van der Waals surface area (Å²) in [6.07, 6.45) is 0. The predicted molar refractivity (Wildman–Crippen MR) is 73.5 cm³/mol. The van der Waals surface area contributed by atoms with Crippen molar-refractivity contribution in [1.29, 1.82) is 10.5 Å². The molecule has 0 N–H and O–H groups in total. The van der Waals surface area contributed by atoms with Gasteiger partial charge in [-0.05, 0) is 24.6 Å². The van der Waals surface area contributed by atoms with Crippen LogP contribution in [-0.4, -0.2) is 4.57 Å². The molecule has 0 unspecified atom stereocenters. The maximum atomic E-state index is 12.3. The Morgan fingerprint density at radius 2 is 1.68 bits per heavy atom. The minimum atomic E-state index is -0.463. The predicted octanol–water partition coefficient (Wildman–Crippen LogP) is 2.18. The first-order chi connectivity index (χ1) is 9.11. The first-order valence-corrected chi connectivity index (χ1v) is 5.90. The van der Waals surface area contributed by atoms with Crippen LogP contribution in [0.15, 0.2) is 40.2 Å². The molecule has 0 radical (unpaired) electrons. The van der Waals surface area contributed by atoms with E-state index in [0.29, 0.717) is 11.3 Å². The number of nitriles is 2. The van der Waals surface area contributed by atoms with Crippen molar-refractivity contribution in [2.75, 3.05) is 0 Å². The number of nitrogens with zero attached hydrogens (tertiary/aromatic N) is 3. The number of aromatic nitrogens is 1. The molecule has 0 aliphatic rings. The molecule has 0 aliphatic heterocycles. The maximum Gasteiger partial charge on any atom is 0.274 e. The third-order valence-corrected chi connectivity index (χ3v) is 3.26. The summed E-state index contributed by atoms with van der Waals surface area (Å²) in [6, 6.07) is 12.6. The SMILES string of the molecule is Cc1c(C#N)c(S)n(-c2ccccc2)c(=O)c1C#N. The van der Waals surface area contributed by atoms with Gasteiger partial charge < -0.3 is 0 Å². The molecule has 0 saturated carbocycles. The second-order valence-electron chi connectivity index (χ2n) is 3.90. The maximum absolute atomic E-state index is 12.3. The topological polar surface area (TPSA) is 69.6 Å². The van der Waals surface area contributed by atoms with Crippen molar-refractivity contribution >= 4 is 12.6 Å². The van der Waals surface area contributed by atoms with Crippen molar-refractivity contribution in [3.8, 4) is 17.8 Å². The summed E-state index contributed by atoms with van der Waals surface area (Å²) in [5, 5.41) is 18.5. The van der Waals surface area contributed by atoms with Crippen LogP contribution in [-0.2, 0) is 0 Å². The molecule has 0 spiro atoms. The number of thiol groups is 1. The Morgan fingerprint density at radius 3 is 2.21 bits per heavy atom. The molecule has 1 aromatic heterocycles. The first kappa shape index (κ1) is 12.9. The molecule has 19 heavy (non-hydrogen) atoms. The third-order valence-electron chi connectivity index (χ3n) is 2.84. The van der Waals surface area contributed by atoms with Gasteiger partial charge in [0.05, 0.1) is 10.6 Å². The Balaban J connectivity index is 2.96. The van der Waals surface area contributed by atoms with Gasteiger partial charge in [-0.1, -0.05) is 18.2 Å². The van der Waals surface area contributed by atoms with Crippen LogP contribution in [0, 0.1) is 29.6 Å². The summed E-state index contributed by atoms with van der Waals surface area (Å²) < 4.78 is 1.27. The summed E-state index contributed by atoms with van der Waals surface area (Å²) in [4.78, 5) is 12.3. The molecule has 0 amide bonds. The van der Waals surface area contributed by atoms with E-state index in [2.05, 4.69) is 12.6 Å². The Labute approximate surface area is 115 Å². The largest absolute Gasteiger partial charge is 0.274 e. The fourth-order valence-corrected chi connectivity index (χ4v) is 2.28. The average molecular weight is 267 g/mol. The van der Waals surface area contributed by atoms with Gasteiger partial charge in [0, 0.05) is 5.69 Å². The highest BCUT2D eigenvalue weighted by Gasteiger charge is 2.17. The van der Waals surface area contributed by atoms with Gasteiger partial charge in [0.1, 0.15) is 17.7 Å². The zero-order chi connectivity index (χ0) is 14.0. The van der Waals surface area contributed by atoms with Gasteiger partial charge in [0.2, 0.25) is 0 Å². The number of para-hydroxylation sites is 1. The van der Waals surface area contributed by atoms with Crippen LogP contribution in [0.3, 0.4) is 0 Å². The lowest BCUT2D eigenvalue weighted by molar-refractivity contribution is 0.858. The smallest absolute Gasteiger partial charge is 0.269 e. The van der Waals surface area contributed by atoms with Crippen molar-refractivity contribution < 1.29 is 0 Å². The summed E-state index contributed by atoms with van der Waals surface area (Å²) >= 11 is 4.26. The van der Waals surface area contributed by atoms with Crippen molar-refractivity contribution in [3.63, 3.8) is 0 Å². The number of pyridine rings is 1. The number of benzene rings is 1.